The molecule has 0 fully saturated rings. The second-order valence-corrected chi connectivity index (χ2v) is 7.49. The van der Waals surface area contributed by atoms with E-state index in [1.165, 1.54) is 10.9 Å². The van der Waals surface area contributed by atoms with Crippen LogP contribution in [0.15, 0.2) is 46.3 Å². The smallest absolute Gasteiger partial charge is 0.262 e. The van der Waals surface area contributed by atoms with Gasteiger partial charge in [-0.25, -0.2) is 4.98 Å². The topological polar surface area (TPSA) is 64.0 Å². The van der Waals surface area contributed by atoms with E-state index in [0.29, 0.717) is 11.9 Å². The molecule has 1 N–H and O–H groups in total. The van der Waals surface area contributed by atoms with Gasteiger partial charge in [0, 0.05) is 22.7 Å². The van der Waals surface area contributed by atoms with Crippen molar-refractivity contribution in [2.24, 2.45) is 0 Å². The molecule has 2 aromatic heterocycles. The molecule has 25 heavy (non-hydrogen) atoms. The molecule has 0 radical (unpaired) electrons. The Kier molecular flexibility index (Phi) is 5.55. The highest BCUT2D eigenvalue weighted by atomic mass is 32.2. The number of thioether (sulfide) groups is 1. The van der Waals surface area contributed by atoms with Crippen LogP contribution in [0.5, 0.6) is 0 Å². The molecular formula is C18H19N3O2S2. The zero-order valence-electron chi connectivity index (χ0n) is 14.1. The van der Waals surface area contributed by atoms with Crippen molar-refractivity contribution in [3.8, 4) is 0 Å². The monoisotopic (exact) mass is 373 g/mol. The lowest BCUT2D eigenvalue weighted by molar-refractivity contribution is -0.116. The van der Waals surface area contributed by atoms with E-state index >= 15 is 0 Å². The first-order valence-electron chi connectivity index (χ1n) is 8.03. The quantitative estimate of drug-likeness (QED) is 0.668. The second kappa shape index (κ2) is 7.84. The molecule has 7 heteroatoms. The van der Waals surface area contributed by atoms with Gasteiger partial charge in [0.2, 0.25) is 5.91 Å². The van der Waals surface area contributed by atoms with Crippen LogP contribution in [0.25, 0.3) is 10.2 Å². The number of benzene rings is 1. The predicted octanol–water partition coefficient (Wildman–Crippen LogP) is 3.77. The highest BCUT2D eigenvalue weighted by Crippen LogP contribution is 2.24. The summed E-state index contributed by atoms with van der Waals surface area (Å²) >= 11 is 3.13. The number of rotatable bonds is 6. The summed E-state index contributed by atoms with van der Waals surface area (Å²) in [5, 5.41) is 3.54. The SMILES string of the molecule is CCc1cc2c(=O)n(CCC(=O)Nc3ccccc3SC)cnc2s1. The van der Waals surface area contributed by atoms with Crippen molar-refractivity contribution < 1.29 is 4.79 Å². The molecule has 0 unspecified atom stereocenters. The van der Waals surface area contributed by atoms with Crippen LogP contribution < -0.4 is 10.9 Å². The standard InChI is InChI=1S/C18H19N3O2S2/c1-3-12-10-13-17(25-12)19-11-21(18(13)23)9-8-16(22)20-14-6-4-5-7-15(14)24-2/h4-7,10-11H,3,8-9H2,1-2H3,(H,20,22). The normalized spacial score (nSPS) is 11.0. The fraction of sp³-hybridized carbons (Fsp3) is 0.278. The fourth-order valence-electron chi connectivity index (χ4n) is 2.53. The maximum atomic E-state index is 12.5. The zero-order valence-corrected chi connectivity index (χ0v) is 15.7. The molecule has 0 aliphatic rings. The molecule has 0 saturated carbocycles. The molecule has 0 saturated heterocycles. The Balaban J connectivity index is 1.71. The van der Waals surface area contributed by atoms with E-state index in [9.17, 15) is 9.59 Å². The minimum absolute atomic E-state index is 0.0849. The molecule has 1 amide bonds. The molecule has 0 atom stereocenters. The number of thiophene rings is 1. The van der Waals surface area contributed by atoms with Crippen molar-refractivity contribution in [3.05, 3.63) is 51.9 Å². The molecule has 1 aromatic carbocycles. The van der Waals surface area contributed by atoms with Gasteiger partial charge >= 0.3 is 0 Å². The van der Waals surface area contributed by atoms with Gasteiger partial charge in [-0.2, -0.15) is 0 Å². The first-order valence-corrected chi connectivity index (χ1v) is 10.1. The number of carbonyl (C=O) groups excluding carboxylic acids is 1. The Bertz CT molecular complexity index is 962. The number of aryl methyl sites for hydroxylation is 2. The molecule has 0 bridgehead atoms. The average Bonchev–Trinajstić information content (AvgIpc) is 3.06. The molecule has 130 valence electrons. The Morgan fingerprint density at radius 1 is 1.36 bits per heavy atom. The van der Waals surface area contributed by atoms with Gasteiger partial charge in [0.1, 0.15) is 4.83 Å². The van der Waals surface area contributed by atoms with Crippen LogP contribution in [0.1, 0.15) is 18.2 Å². The summed E-state index contributed by atoms with van der Waals surface area (Å²) in [7, 11) is 0. The van der Waals surface area contributed by atoms with E-state index in [0.717, 1.165) is 26.7 Å². The maximum absolute atomic E-state index is 12.5. The lowest BCUT2D eigenvalue weighted by Crippen LogP contribution is -2.23. The number of nitrogens with zero attached hydrogens (tertiary/aromatic N) is 2. The number of hydrogen-bond acceptors (Lipinski definition) is 5. The largest absolute Gasteiger partial charge is 0.325 e. The maximum Gasteiger partial charge on any atom is 0.262 e. The highest BCUT2D eigenvalue weighted by molar-refractivity contribution is 7.98. The van der Waals surface area contributed by atoms with Gasteiger partial charge in [0.05, 0.1) is 17.4 Å². The fourth-order valence-corrected chi connectivity index (χ4v) is 4.00. The minimum Gasteiger partial charge on any atom is -0.325 e. The number of anilines is 1. The number of fused-ring (bicyclic) bond motifs is 1. The van der Waals surface area contributed by atoms with Gasteiger partial charge in [-0.3, -0.25) is 14.2 Å². The van der Waals surface area contributed by atoms with Gasteiger partial charge in [0.25, 0.3) is 5.56 Å². The van der Waals surface area contributed by atoms with Crippen molar-refractivity contribution in [1.29, 1.82) is 0 Å². The van der Waals surface area contributed by atoms with Crippen molar-refractivity contribution in [1.82, 2.24) is 9.55 Å². The van der Waals surface area contributed by atoms with Gasteiger partial charge in [-0.1, -0.05) is 19.1 Å². The summed E-state index contributed by atoms with van der Waals surface area (Å²) in [5.74, 6) is -0.118. The van der Waals surface area contributed by atoms with Crippen LogP contribution in [-0.4, -0.2) is 21.7 Å². The number of para-hydroxylation sites is 1. The van der Waals surface area contributed by atoms with Crippen LogP contribution in [-0.2, 0) is 17.8 Å². The highest BCUT2D eigenvalue weighted by Gasteiger charge is 2.10. The third-order valence-electron chi connectivity index (χ3n) is 3.88. The van der Waals surface area contributed by atoms with Crippen molar-refractivity contribution in [2.45, 2.75) is 31.2 Å². The van der Waals surface area contributed by atoms with Gasteiger partial charge in [-0.15, -0.1) is 23.1 Å². The van der Waals surface area contributed by atoms with Gasteiger partial charge in [0.15, 0.2) is 0 Å². The Hall–Kier alpha value is -2.12. The summed E-state index contributed by atoms with van der Waals surface area (Å²) in [5.41, 5.74) is 0.713. The van der Waals surface area contributed by atoms with Crippen molar-refractivity contribution >= 4 is 44.9 Å². The van der Waals surface area contributed by atoms with Crippen LogP contribution >= 0.6 is 23.1 Å². The molecular weight excluding hydrogens is 354 g/mol. The second-order valence-electron chi connectivity index (χ2n) is 5.53. The van der Waals surface area contributed by atoms with Crippen molar-refractivity contribution in [2.75, 3.05) is 11.6 Å². The van der Waals surface area contributed by atoms with E-state index in [1.54, 1.807) is 23.1 Å². The third-order valence-corrected chi connectivity index (χ3v) is 5.86. The van der Waals surface area contributed by atoms with Crippen molar-refractivity contribution in [3.63, 3.8) is 0 Å². The van der Waals surface area contributed by atoms with E-state index in [2.05, 4.69) is 17.2 Å². The average molecular weight is 374 g/mol. The lowest BCUT2D eigenvalue weighted by atomic mass is 10.3. The number of nitrogens with one attached hydrogen (secondary N) is 1. The van der Waals surface area contributed by atoms with Crippen LogP contribution in [0.3, 0.4) is 0 Å². The van der Waals surface area contributed by atoms with Gasteiger partial charge in [-0.05, 0) is 30.9 Å². The van der Waals surface area contributed by atoms with Crippen LogP contribution in [0.2, 0.25) is 0 Å². The third kappa shape index (κ3) is 3.93. The lowest BCUT2D eigenvalue weighted by Gasteiger charge is -2.09. The molecule has 0 aliphatic heterocycles. The first kappa shape index (κ1) is 17.7. The van der Waals surface area contributed by atoms with Gasteiger partial charge < -0.3 is 5.32 Å². The van der Waals surface area contributed by atoms with Crippen LogP contribution in [0.4, 0.5) is 5.69 Å². The zero-order chi connectivity index (χ0) is 17.8. The Morgan fingerprint density at radius 2 is 2.16 bits per heavy atom. The summed E-state index contributed by atoms with van der Waals surface area (Å²) in [6, 6.07) is 9.57. The minimum atomic E-state index is -0.118. The summed E-state index contributed by atoms with van der Waals surface area (Å²) in [6.07, 6.45) is 4.61. The number of amides is 1. The summed E-state index contributed by atoms with van der Waals surface area (Å²) < 4.78 is 1.51. The molecule has 0 aliphatic carbocycles. The van der Waals surface area contributed by atoms with E-state index in [1.807, 2.05) is 36.6 Å². The van der Waals surface area contributed by atoms with E-state index < -0.39 is 0 Å². The molecule has 3 rings (SSSR count). The number of hydrogen-bond donors (Lipinski definition) is 1. The van der Waals surface area contributed by atoms with E-state index in [4.69, 9.17) is 0 Å². The number of aromatic nitrogens is 2. The molecule has 0 spiro atoms. The van der Waals surface area contributed by atoms with Crippen LogP contribution in [0, 0.1) is 0 Å². The molecule has 3 aromatic rings. The van der Waals surface area contributed by atoms with E-state index in [-0.39, 0.29) is 17.9 Å². The summed E-state index contributed by atoms with van der Waals surface area (Å²) in [4.78, 5) is 32.0. The Labute approximate surface area is 154 Å². The molecule has 2 heterocycles. The summed E-state index contributed by atoms with van der Waals surface area (Å²) in [6.45, 7) is 2.37. The predicted molar refractivity (Wildman–Crippen MR) is 105 cm³/mol. The number of carbonyl (C=O) groups is 1. The molecule has 5 nitrogen and oxygen atoms in total. The Morgan fingerprint density at radius 3 is 2.92 bits per heavy atom. The first-order chi connectivity index (χ1) is 12.1.